The van der Waals surface area contributed by atoms with Gasteiger partial charge in [-0.1, -0.05) is 17.7 Å². The predicted molar refractivity (Wildman–Crippen MR) is 68.0 cm³/mol. The highest BCUT2D eigenvalue weighted by Gasteiger charge is 2.18. The van der Waals surface area contributed by atoms with Crippen LogP contribution in [0.25, 0.3) is 0 Å². The SMILES string of the molecule is O=C1C=C(N(CCF)Cc2ccc(Cl)nc2)CC1. The topological polar surface area (TPSA) is 33.2 Å². The Morgan fingerprint density at radius 2 is 2.22 bits per heavy atom. The van der Waals surface area contributed by atoms with Gasteiger partial charge >= 0.3 is 0 Å². The number of hydrogen-bond donors (Lipinski definition) is 0. The van der Waals surface area contributed by atoms with Crippen LogP contribution in [0.2, 0.25) is 5.15 Å². The highest BCUT2D eigenvalue weighted by Crippen LogP contribution is 2.21. The number of alkyl halides is 1. The van der Waals surface area contributed by atoms with E-state index >= 15 is 0 Å². The van der Waals surface area contributed by atoms with Crippen molar-refractivity contribution in [3.8, 4) is 0 Å². The number of ketones is 1. The van der Waals surface area contributed by atoms with Crippen LogP contribution >= 0.6 is 11.6 Å². The maximum absolute atomic E-state index is 12.6. The van der Waals surface area contributed by atoms with E-state index in [-0.39, 0.29) is 5.78 Å². The molecule has 0 amide bonds. The Balaban J connectivity index is 2.08. The van der Waals surface area contributed by atoms with Gasteiger partial charge in [-0.3, -0.25) is 4.79 Å². The summed E-state index contributed by atoms with van der Waals surface area (Å²) in [6.45, 7) is 0.404. The van der Waals surface area contributed by atoms with Crippen molar-refractivity contribution in [1.29, 1.82) is 0 Å². The zero-order chi connectivity index (χ0) is 13.0. The van der Waals surface area contributed by atoms with Gasteiger partial charge in [0.05, 0.1) is 0 Å². The Bertz CT molecular complexity index is 459. The third kappa shape index (κ3) is 3.29. The van der Waals surface area contributed by atoms with E-state index < -0.39 is 6.67 Å². The van der Waals surface area contributed by atoms with Crippen LogP contribution in [-0.4, -0.2) is 28.9 Å². The molecule has 0 spiro atoms. The molecule has 5 heteroatoms. The summed E-state index contributed by atoms with van der Waals surface area (Å²) in [6, 6.07) is 3.57. The smallest absolute Gasteiger partial charge is 0.157 e. The molecule has 0 bridgehead atoms. The molecule has 18 heavy (non-hydrogen) atoms. The van der Waals surface area contributed by atoms with Crippen LogP contribution < -0.4 is 0 Å². The van der Waals surface area contributed by atoms with Crippen molar-refractivity contribution in [2.75, 3.05) is 13.2 Å². The average molecular weight is 269 g/mol. The molecule has 0 aliphatic heterocycles. The molecule has 1 aliphatic rings. The first kappa shape index (κ1) is 13.0. The maximum atomic E-state index is 12.6. The monoisotopic (exact) mass is 268 g/mol. The van der Waals surface area contributed by atoms with Crippen LogP contribution in [0.1, 0.15) is 18.4 Å². The number of aromatic nitrogens is 1. The van der Waals surface area contributed by atoms with Crippen LogP contribution in [0.4, 0.5) is 4.39 Å². The van der Waals surface area contributed by atoms with E-state index in [2.05, 4.69) is 4.98 Å². The first-order valence-electron chi connectivity index (χ1n) is 5.84. The molecule has 1 aliphatic carbocycles. The fraction of sp³-hybridized carbons (Fsp3) is 0.385. The molecule has 96 valence electrons. The molecule has 0 aromatic carbocycles. The highest BCUT2D eigenvalue weighted by atomic mass is 35.5. The van der Waals surface area contributed by atoms with E-state index in [9.17, 15) is 9.18 Å². The number of carbonyl (C=O) groups is 1. The second-order valence-electron chi connectivity index (χ2n) is 4.20. The molecule has 1 aromatic heterocycles. The lowest BCUT2D eigenvalue weighted by Crippen LogP contribution is -2.24. The molecule has 0 atom stereocenters. The fourth-order valence-electron chi connectivity index (χ4n) is 1.98. The summed E-state index contributed by atoms with van der Waals surface area (Å²) in [6.07, 6.45) is 4.50. The molecular formula is C13H14ClFN2O. The fourth-order valence-corrected chi connectivity index (χ4v) is 2.09. The van der Waals surface area contributed by atoms with Crippen LogP contribution in [0.5, 0.6) is 0 Å². The minimum atomic E-state index is -0.438. The Hall–Kier alpha value is -1.42. The first-order valence-corrected chi connectivity index (χ1v) is 6.21. The molecule has 0 saturated heterocycles. The molecule has 2 rings (SSSR count). The average Bonchev–Trinajstić information content (AvgIpc) is 2.78. The van der Waals surface area contributed by atoms with Gasteiger partial charge in [-0.15, -0.1) is 0 Å². The van der Waals surface area contributed by atoms with Gasteiger partial charge in [-0.25, -0.2) is 9.37 Å². The van der Waals surface area contributed by atoms with E-state index in [1.807, 2.05) is 11.0 Å². The van der Waals surface area contributed by atoms with Gasteiger partial charge < -0.3 is 4.90 Å². The Kier molecular flexibility index (Phi) is 4.31. The van der Waals surface area contributed by atoms with E-state index in [0.29, 0.717) is 31.1 Å². The van der Waals surface area contributed by atoms with Crippen molar-refractivity contribution in [1.82, 2.24) is 9.88 Å². The minimum Gasteiger partial charge on any atom is -0.368 e. The third-order valence-electron chi connectivity index (χ3n) is 2.88. The van der Waals surface area contributed by atoms with Gasteiger partial charge in [-0.2, -0.15) is 0 Å². The van der Waals surface area contributed by atoms with Crippen LogP contribution in [0.3, 0.4) is 0 Å². The molecular weight excluding hydrogens is 255 g/mol. The number of allylic oxidation sites excluding steroid dienone is 2. The normalized spacial score (nSPS) is 14.8. The largest absolute Gasteiger partial charge is 0.368 e. The van der Waals surface area contributed by atoms with Crippen LogP contribution in [-0.2, 0) is 11.3 Å². The zero-order valence-electron chi connectivity index (χ0n) is 9.90. The Morgan fingerprint density at radius 1 is 1.39 bits per heavy atom. The van der Waals surface area contributed by atoms with Gasteiger partial charge in [0, 0.05) is 37.5 Å². The van der Waals surface area contributed by atoms with Crippen LogP contribution in [0, 0.1) is 0 Å². The number of halogens is 2. The molecule has 1 heterocycles. The number of rotatable bonds is 5. The minimum absolute atomic E-state index is 0.114. The van der Waals surface area contributed by atoms with E-state index in [1.54, 1.807) is 18.3 Å². The van der Waals surface area contributed by atoms with Gasteiger partial charge in [0.25, 0.3) is 0 Å². The lowest BCUT2D eigenvalue weighted by molar-refractivity contribution is -0.114. The molecule has 0 N–H and O–H groups in total. The zero-order valence-corrected chi connectivity index (χ0v) is 10.7. The predicted octanol–water partition coefficient (Wildman–Crippen LogP) is 2.75. The summed E-state index contributed by atoms with van der Waals surface area (Å²) in [7, 11) is 0. The summed E-state index contributed by atoms with van der Waals surface area (Å²) in [5, 5.41) is 0.436. The summed E-state index contributed by atoms with van der Waals surface area (Å²) in [5.41, 5.74) is 1.86. The molecule has 1 aromatic rings. The highest BCUT2D eigenvalue weighted by molar-refractivity contribution is 6.29. The van der Waals surface area contributed by atoms with E-state index in [1.165, 1.54) is 0 Å². The molecule has 0 unspecified atom stereocenters. The molecule has 0 saturated carbocycles. The lowest BCUT2D eigenvalue weighted by atomic mass is 10.2. The van der Waals surface area contributed by atoms with Crippen molar-refractivity contribution in [3.05, 3.63) is 40.8 Å². The summed E-state index contributed by atoms with van der Waals surface area (Å²) < 4.78 is 12.6. The first-order chi connectivity index (χ1) is 8.69. The van der Waals surface area contributed by atoms with Crippen LogP contribution in [0.15, 0.2) is 30.1 Å². The second kappa shape index (κ2) is 5.96. The number of nitrogens with zero attached hydrogens (tertiary/aromatic N) is 2. The lowest BCUT2D eigenvalue weighted by Gasteiger charge is -2.24. The molecule has 3 nitrogen and oxygen atoms in total. The van der Waals surface area contributed by atoms with Gasteiger partial charge in [-0.05, 0) is 18.1 Å². The Morgan fingerprint density at radius 3 is 2.78 bits per heavy atom. The Labute approximate surface area is 110 Å². The number of hydrogen-bond acceptors (Lipinski definition) is 3. The van der Waals surface area contributed by atoms with Crippen molar-refractivity contribution in [3.63, 3.8) is 0 Å². The van der Waals surface area contributed by atoms with Crippen molar-refractivity contribution in [2.24, 2.45) is 0 Å². The number of carbonyl (C=O) groups excluding carboxylic acids is 1. The second-order valence-corrected chi connectivity index (χ2v) is 4.59. The third-order valence-corrected chi connectivity index (χ3v) is 3.10. The summed E-state index contributed by atoms with van der Waals surface area (Å²) in [5.74, 6) is 0.114. The van der Waals surface area contributed by atoms with E-state index in [4.69, 9.17) is 11.6 Å². The van der Waals surface area contributed by atoms with Crippen molar-refractivity contribution >= 4 is 17.4 Å². The van der Waals surface area contributed by atoms with Gasteiger partial charge in [0.1, 0.15) is 11.8 Å². The van der Waals surface area contributed by atoms with Gasteiger partial charge in [0.15, 0.2) is 5.78 Å². The van der Waals surface area contributed by atoms with Gasteiger partial charge in [0.2, 0.25) is 0 Å². The van der Waals surface area contributed by atoms with Crippen molar-refractivity contribution in [2.45, 2.75) is 19.4 Å². The molecule has 0 radical (unpaired) electrons. The summed E-state index contributed by atoms with van der Waals surface area (Å²) >= 11 is 5.71. The quantitative estimate of drug-likeness (QED) is 0.770. The number of pyridine rings is 1. The molecule has 0 fully saturated rings. The standard InChI is InChI=1S/C13H14ClFN2O/c14-13-4-1-10(8-16-13)9-17(6-5-15)11-2-3-12(18)7-11/h1,4,7-8H,2-3,5-6,9H2. The summed E-state index contributed by atoms with van der Waals surface area (Å²) in [4.78, 5) is 17.1. The van der Waals surface area contributed by atoms with Crippen molar-refractivity contribution < 1.29 is 9.18 Å². The van der Waals surface area contributed by atoms with E-state index in [0.717, 1.165) is 11.3 Å². The maximum Gasteiger partial charge on any atom is 0.157 e.